The first-order chi connectivity index (χ1) is 10.8. The number of amides is 1. The number of rotatable bonds is 7. The lowest BCUT2D eigenvalue weighted by Gasteiger charge is -2.18. The molecule has 0 atom stereocenters. The van der Waals surface area contributed by atoms with Gasteiger partial charge in [-0.3, -0.25) is 14.3 Å². The van der Waals surface area contributed by atoms with Gasteiger partial charge in [-0.05, 0) is 12.1 Å². The van der Waals surface area contributed by atoms with E-state index in [4.69, 9.17) is 10.8 Å². The first-order valence-corrected chi connectivity index (χ1v) is 7.88. The van der Waals surface area contributed by atoms with E-state index in [2.05, 4.69) is 0 Å². The van der Waals surface area contributed by atoms with Gasteiger partial charge in [-0.25, -0.2) is 12.8 Å². The fourth-order valence-electron chi connectivity index (χ4n) is 1.82. The lowest BCUT2D eigenvalue weighted by molar-refractivity contribution is -0.138. The van der Waals surface area contributed by atoms with E-state index in [1.807, 2.05) is 0 Å². The molecular formula is C12H12F4N2O5S. The zero-order valence-corrected chi connectivity index (χ0v) is 12.7. The highest BCUT2D eigenvalue weighted by Crippen LogP contribution is 2.39. The van der Waals surface area contributed by atoms with E-state index in [-0.39, 0.29) is 0 Å². The van der Waals surface area contributed by atoms with Gasteiger partial charge in [0.25, 0.3) is 0 Å². The van der Waals surface area contributed by atoms with E-state index >= 15 is 0 Å². The molecule has 134 valence electrons. The second-order valence-electron chi connectivity index (χ2n) is 4.65. The Labute approximate surface area is 133 Å². The molecule has 1 amide bonds. The maximum atomic E-state index is 13.6. The minimum absolute atomic E-state index is 0.529. The molecular weight excluding hydrogens is 360 g/mol. The van der Waals surface area contributed by atoms with Crippen molar-refractivity contribution in [2.24, 2.45) is 5.73 Å². The van der Waals surface area contributed by atoms with Gasteiger partial charge in [0, 0.05) is 5.56 Å². The smallest absolute Gasteiger partial charge is 0.418 e. The van der Waals surface area contributed by atoms with Crippen molar-refractivity contribution in [2.45, 2.75) is 19.0 Å². The molecule has 0 saturated carbocycles. The van der Waals surface area contributed by atoms with Crippen LogP contribution in [0.15, 0.2) is 12.1 Å². The number of nitrogens with one attached hydrogen (secondary N) is 1. The van der Waals surface area contributed by atoms with Crippen molar-refractivity contribution >= 4 is 27.6 Å². The average Bonchev–Trinajstić information content (AvgIpc) is 2.38. The molecule has 0 aliphatic carbocycles. The number of carbonyl (C=O) groups excluding carboxylic acids is 1. The average molecular weight is 372 g/mol. The van der Waals surface area contributed by atoms with Crippen molar-refractivity contribution in [3.05, 3.63) is 29.1 Å². The highest BCUT2D eigenvalue weighted by Gasteiger charge is 2.38. The van der Waals surface area contributed by atoms with Crippen LogP contribution in [-0.2, 0) is 32.2 Å². The largest absolute Gasteiger partial charge is 0.481 e. The van der Waals surface area contributed by atoms with E-state index in [1.165, 1.54) is 0 Å². The Balaban J connectivity index is 3.38. The van der Waals surface area contributed by atoms with Gasteiger partial charge in [-0.1, -0.05) is 0 Å². The fourth-order valence-corrected chi connectivity index (χ4v) is 2.87. The Morgan fingerprint density at radius 3 is 2.29 bits per heavy atom. The van der Waals surface area contributed by atoms with Crippen molar-refractivity contribution in [3.63, 3.8) is 0 Å². The topological polar surface area (TPSA) is 127 Å². The molecule has 7 nitrogen and oxygen atoms in total. The van der Waals surface area contributed by atoms with Gasteiger partial charge >= 0.3 is 12.1 Å². The molecule has 0 saturated heterocycles. The summed E-state index contributed by atoms with van der Waals surface area (Å²) in [5.74, 6) is -5.08. The molecule has 1 aromatic rings. The van der Waals surface area contributed by atoms with Crippen LogP contribution in [0, 0.1) is 5.82 Å². The SMILES string of the molecule is NC(=O)Cc1c(F)ccc(NS(=O)(=O)CCC(=O)O)c1C(F)(F)F. The maximum absolute atomic E-state index is 13.6. The molecule has 0 radical (unpaired) electrons. The standard InChI is InChI=1S/C12H12F4N2O5S/c13-7-1-2-8(18-24(22,23)4-3-10(20)21)11(12(14,15)16)6(7)5-9(17)19/h1-2,18H,3-5H2,(H2,17,19)(H,20,21). The van der Waals surface area contributed by atoms with Gasteiger partial charge < -0.3 is 10.8 Å². The molecule has 1 aromatic carbocycles. The number of primary amides is 1. The van der Waals surface area contributed by atoms with E-state index in [0.29, 0.717) is 12.1 Å². The molecule has 0 aliphatic heterocycles. The number of hydrogen-bond acceptors (Lipinski definition) is 4. The summed E-state index contributed by atoms with van der Waals surface area (Å²) in [5.41, 5.74) is 0.967. The van der Waals surface area contributed by atoms with Gasteiger partial charge in [0.05, 0.1) is 29.8 Å². The van der Waals surface area contributed by atoms with Crippen LogP contribution in [0.2, 0.25) is 0 Å². The summed E-state index contributed by atoms with van der Waals surface area (Å²) in [7, 11) is -4.44. The second-order valence-corrected chi connectivity index (χ2v) is 6.50. The zero-order valence-electron chi connectivity index (χ0n) is 11.9. The number of sulfonamides is 1. The monoisotopic (exact) mass is 372 g/mol. The zero-order chi connectivity index (χ0) is 18.7. The molecule has 4 N–H and O–H groups in total. The van der Waals surface area contributed by atoms with Crippen LogP contribution in [-0.4, -0.2) is 31.2 Å². The molecule has 12 heteroatoms. The quantitative estimate of drug-likeness (QED) is 0.618. The highest BCUT2D eigenvalue weighted by atomic mass is 32.2. The van der Waals surface area contributed by atoms with Crippen LogP contribution in [0.4, 0.5) is 23.2 Å². The third-order valence-corrected chi connectivity index (χ3v) is 4.01. The molecule has 0 heterocycles. The Bertz CT molecular complexity index is 761. The van der Waals surface area contributed by atoms with Crippen LogP contribution in [0.3, 0.4) is 0 Å². The molecule has 1 rings (SSSR count). The van der Waals surface area contributed by atoms with Crippen molar-refractivity contribution in [1.82, 2.24) is 0 Å². The van der Waals surface area contributed by atoms with Crippen LogP contribution >= 0.6 is 0 Å². The van der Waals surface area contributed by atoms with Crippen molar-refractivity contribution in [3.8, 4) is 0 Å². The summed E-state index contributed by atoms with van der Waals surface area (Å²) in [6.07, 6.45) is -7.12. The maximum Gasteiger partial charge on any atom is 0.418 e. The number of alkyl halides is 3. The van der Waals surface area contributed by atoms with Crippen LogP contribution in [0.5, 0.6) is 0 Å². The molecule has 0 fully saturated rings. The fraction of sp³-hybridized carbons (Fsp3) is 0.333. The number of anilines is 1. The van der Waals surface area contributed by atoms with Gasteiger partial charge in [0.1, 0.15) is 5.82 Å². The predicted molar refractivity (Wildman–Crippen MR) is 74.0 cm³/mol. The minimum Gasteiger partial charge on any atom is -0.481 e. The van der Waals surface area contributed by atoms with Crippen molar-refractivity contribution < 1.29 is 40.7 Å². The van der Waals surface area contributed by atoms with Crippen LogP contribution < -0.4 is 10.5 Å². The lowest BCUT2D eigenvalue weighted by atomic mass is 10.0. The molecule has 0 aromatic heterocycles. The number of hydrogen-bond donors (Lipinski definition) is 3. The second kappa shape index (κ2) is 7.03. The van der Waals surface area contributed by atoms with Gasteiger partial charge in [0.2, 0.25) is 15.9 Å². The molecule has 24 heavy (non-hydrogen) atoms. The van der Waals surface area contributed by atoms with E-state index < -0.39 is 69.3 Å². The van der Waals surface area contributed by atoms with E-state index in [1.54, 1.807) is 4.72 Å². The molecule has 0 unspecified atom stereocenters. The van der Waals surface area contributed by atoms with Gasteiger partial charge in [-0.15, -0.1) is 0 Å². The highest BCUT2D eigenvalue weighted by molar-refractivity contribution is 7.92. The van der Waals surface area contributed by atoms with Gasteiger partial charge in [-0.2, -0.15) is 13.2 Å². The Hall–Kier alpha value is -2.37. The number of carboxylic acids is 1. The Morgan fingerprint density at radius 2 is 1.83 bits per heavy atom. The molecule has 0 bridgehead atoms. The summed E-state index contributed by atoms with van der Waals surface area (Å²) in [5, 5.41) is 8.43. The third kappa shape index (κ3) is 5.37. The molecule has 0 spiro atoms. The number of aliphatic carboxylic acids is 1. The Morgan fingerprint density at radius 1 is 1.25 bits per heavy atom. The van der Waals surface area contributed by atoms with E-state index in [9.17, 15) is 35.6 Å². The van der Waals surface area contributed by atoms with Crippen LogP contribution in [0.25, 0.3) is 0 Å². The Kier molecular flexibility index (Phi) is 5.76. The summed E-state index contributed by atoms with van der Waals surface area (Å²) in [4.78, 5) is 21.2. The lowest BCUT2D eigenvalue weighted by Crippen LogP contribution is -2.24. The predicted octanol–water partition coefficient (Wildman–Crippen LogP) is 1.09. The van der Waals surface area contributed by atoms with Crippen LogP contribution in [0.1, 0.15) is 17.5 Å². The first kappa shape index (κ1) is 19.7. The first-order valence-electron chi connectivity index (χ1n) is 6.22. The normalized spacial score (nSPS) is 12.0. The number of carboxylic acid groups (broad SMARTS) is 1. The summed E-state index contributed by atoms with van der Waals surface area (Å²) in [6, 6.07) is 1.07. The summed E-state index contributed by atoms with van der Waals surface area (Å²) in [6.45, 7) is 0. The van der Waals surface area contributed by atoms with E-state index in [0.717, 1.165) is 0 Å². The number of benzene rings is 1. The number of carbonyl (C=O) groups is 2. The number of nitrogens with two attached hydrogens (primary N) is 1. The van der Waals surface area contributed by atoms with Gasteiger partial charge in [0.15, 0.2) is 0 Å². The minimum atomic E-state index is -5.18. The summed E-state index contributed by atoms with van der Waals surface area (Å²) >= 11 is 0. The van der Waals surface area contributed by atoms with Crippen molar-refractivity contribution in [1.29, 1.82) is 0 Å². The number of halogens is 4. The third-order valence-electron chi connectivity index (χ3n) is 2.74. The van der Waals surface area contributed by atoms with Crippen molar-refractivity contribution in [2.75, 3.05) is 10.5 Å². The molecule has 0 aliphatic rings. The summed E-state index contributed by atoms with van der Waals surface area (Å²) < 4.78 is 78.1.